The van der Waals surface area contributed by atoms with Crippen molar-refractivity contribution in [2.24, 2.45) is 0 Å². The van der Waals surface area contributed by atoms with Gasteiger partial charge in [0.1, 0.15) is 0 Å². The lowest BCUT2D eigenvalue weighted by molar-refractivity contribution is 1.01. The topological polar surface area (TPSA) is 30.7 Å². The molecule has 3 nitrogen and oxygen atoms in total. The quantitative estimate of drug-likeness (QED) is 0.179. The summed E-state index contributed by atoms with van der Waals surface area (Å²) in [6.45, 7) is 0. The van der Waals surface area contributed by atoms with E-state index in [0.717, 1.165) is 38.6 Å². The van der Waals surface area contributed by atoms with Crippen LogP contribution in [0, 0.1) is 0 Å². The van der Waals surface area contributed by atoms with E-state index >= 15 is 0 Å². The van der Waals surface area contributed by atoms with Crippen LogP contribution in [0.15, 0.2) is 152 Å². The lowest BCUT2D eigenvalue weighted by Gasteiger charge is -2.14. The summed E-state index contributed by atoms with van der Waals surface area (Å²) in [5.41, 5.74) is 5.15. The number of benzene rings is 8. The zero-order valence-electron chi connectivity index (χ0n) is 25.7. The van der Waals surface area contributed by atoms with E-state index in [-0.39, 0.29) is 0 Å². The van der Waals surface area contributed by atoms with Crippen LogP contribution in [0.2, 0.25) is 0 Å². The van der Waals surface area contributed by atoms with Gasteiger partial charge in [-0.05, 0) is 45.8 Å². The molecule has 0 saturated carbocycles. The van der Waals surface area contributed by atoms with Crippen molar-refractivity contribution >= 4 is 96.5 Å². The highest BCUT2D eigenvalue weighted by Crippen LogP contribution is 2.47. The fourth-order valence-corrected chi connectivity index (χ4v) is 9.21. The molecule has 0 radical (unpaired) electrons. The second-order valence-electron chi connectivity index (χ2n) is 12.5. The van der Waals surface area contributed by atoms with E-state index in [1.54, 1.807) is 0 Å². The maximum absolute atomic E-state index is 5.44. The Labute approximate surface area is 278 Å². The van der Waals surface area contributed by atoms with Crippen molar-refractivity contribution in [1.29, 1.82) is 0 Å². The van der Waals surface area contributed by atoms with Crippen LogP contribution in [0.5, 0.6) is 0 Å². The van der Waals surface area contributed by atoms with Gasteiger partial charge in [0.15, 0.2) is 0 Å². The van der Waals surface area contributed by atoms with E-state index in [4.69, 9.17) is 9.97 Å². The van der Waals surface area contributed by atoms with Gasteiger partial charge in [0.05, 0.1) is 22.2 Å². The first kappa shape index (κ1) is 26.0. The monoisotopic (exact) mass is 627 g/mol. The summed E-state index contributed by atoms with van der Waals surface area (Å²) in [5, 5.41) is 13.7. The van der Waals surface area contributed by atoms with Crippen LogP contribution in [0.3, 0.4) is 0 Å². The van der Waals surface area contributed by atoms with Gasteiger partial charge in [0, 0.05) is 52.7 Å². The molecule has 0 aliphatic carbocycles. The van der Waals surface area contributed by atoms with E-state index in [2.05, 4.69) is 156 Å². The number of thiophene rings is 1. The molecule has 11 rings (SSSR count). The first-order chi connectivity index (χ1) is 23.8. The van der Waals surface area contributed by atoms with E-state index in [0.29, 0.717) is 5.95 Å². The highest BCUT2D eigenvalue weighted by atomic mass is 32.1. The van der Waals surface area contributed by atoms with Gasteiger partial charge in [-0.1, -0.05) is 127 Å². The number of rotatable bonds is 2. The number of fused-ring (bicyclic) bond motifs is 15. The van der Waals surface area contributed by atoms with Gasteiger partial charge >= 0.3 is 0 Å². The predicted octanol–water partition coefficient (Wildman–Crippen LogP) is 12.2. The second-order valence-corrected chi connectivity index (χ2v) is 13.6. The summed E-state index contributed by atoms with van der Waals surface area (Å²) in [5.74, 6) is 0.675. The molecular weight excluding hydrogens is 603 g/mol. The SMILES string of the molecule is c1ccc(-c2nc(-n3c4ccccc4c4c5c6ccccc6c6c7ccccc7sc6c5ccc43)nc3ccc4ccccc4c23)cc1. The minimum atomic E-state index is 0.675. The molecular formula is C44H25N3S. The standard InChI is InChI=1S/C44H25N3S/c1-2-13-27(14-3-1)42-40-28-15-5-4-12-26(28)22-24-34(40)45-44(46-42)47-35-20-10-8-18-31(35)41-36(47)25-23-33-38(41)29-16-6-7-17-30(29)39-32-19-9-11-21-37(32)48-43(33)39/h1-25H. The molecule has 0 N–H and O–H groups in total. The zero-order valence-corrected chi connectivity index (χ0v) is 26.5. The van der Waals surface area contributed by atoms with Crippen LogP contribution in [-0.2, 0) is 0 Å². The molecule has 0 unspecified atom stereocenters. The fraction of sp³-hybridized carbons (Fsp3) is 0. The van der Waals surface area contributed by atoms with Crippen LogP contribution in [0.25, 0.3) is 102 Å². The third-order valence-corrected chi connectivity index (χ3v) is 11.2. The maximum Gasteiger partial charge on any atom is 0.235 e. The minimum absolute atomic E-state index is 0.675. The Kier molecular flexibility index (Phi) is 5.26. The van der Waals surface area contributed by atoms with Crippen LogP contribution < -0.4 is 0 Å². The summed E-state index contributed by atoms with van der Waals surface area (Å²) < 4.78 is 4.93. The van der Waals surface area contributed by atoms with Gasteiger partial charge in [0.2, 0.25) is 5.95 Å². The van der Waals surface area contributed by atoms with Gasteiger partial charge < -0.3 is 0 Å². The maximum atomic E-state index is 5.44. The number of nitrogens with zero attached hydrogens (tertiary/aromatic N) is 3. The summed E-state index contributed by atoms with van der Waals surface area (Å²) >= 11 is 1.89. The van der Waals surface area contributed by atoms with Crippen molar-refractivity contribution in [3.8, 4) is 17.2 Å². The van der Waals surface area contributed by atoms with Gasteiger partial charge in [-0.3, -0.25) is 4.57 Å². The Morgan fingerprint density at radius 1 is 0.417 bits per heavy atom. The fourth-order valence-electron chi connectivity index (χ4n) is 7.96. The average molecular weight is 628 g/mol. The van der Waals surface area contributed by atoms with Crippen molar-refractivity contribution in [3.05, 3.63) is 152 Å². The largest absolute Gasteiger partial charge is 0.278 e. The van der Waals surface area contributed by atoms with Crippen molar-refractivity contribution in [1.82, 2.24) is 14.5 Å². The molecule has 0 saturated heterocycles. The molecule has 3 heterocycles. The van der Waals surface area contributed by atoms with Gasteiger partial charge in [0.25, 0.3) is 0 Å². The Morgan fingerprint density at radius 3 is 1.96 bits per heavy atom. The van der Waals surface area contributed by atoms with Crippen molar-refractivity contribution in [2.75, 3.05) is 0 Å². The van der Waals surface area contributed by atoms with Crippen LogP contribution in [-0.4, -0.2) is 14.5 Å². The highest BCUT2D eigenvalue weighted by molar-refractivity contribution is 7.27. The molecule has 8 aromatic carbocycles. The van der Waals surface area contributed by atoms with Gasteiger partial charge in [-0.25, -0.2) is 9.97 Å². The number of hydrogen-bond donors (Lipinski definition) is 0. The molecule has 0 spiro atoms. The van der Waals surface area contributed by atoms with Gasteiger partial charge in [-0.15, -0.1) is 11.3 Å². The Bertz CT molecular complexity index is 3120. The van der Waals surface area contributed by atoms with E-state index in [1.165, 1.54) is 57.9 Å². The van der Waals surface area contributed by atoms with Gasteiger partial charge in [-0.2, -0.15) is 0 Å². The molecule has 0 aliphatic rings. The summed E-state index contributed by atoms with van der Waals surface area (Å²) in [6.07, 6.45) is 0. The molecule has 48 heavy (non-hydrogen) atoms. The van der Waals surface area contributed by atoms with E-state index in [1.807, 2.05) is 11.3 Å². The average Bonchev–Trinajstić information content (AvgIpc) is 3.71. The van der Waals surface area contributed by atoms with Crippen molar-refractivity contribution < 1.29 is 0 Å². The third kappa shape index (κ3) is 3.47. The van der Waals surface area contributed by atoms with Crippen LogP contribution in [0.1, 0.15) is 0 Å². The highest BCUT2D eigenvalue weighted by Gasteiger charge is 2.22. The number of hydrogen-bond acceptors (Lipinski definition) is 3. The lowest BCUT2D eigenvalue weighted by Crippen LogP contribution is -2.03. The molecule has 3 aromatic heterocycles. The molecule has 0 bridgehead atoms. The number of para-hydroxylation sites is 1. The predicted molar refractivity (Wildman–Crippen MR) is 205 cm³/mol. The molecule has 0 amide bonds. The van der Waals surface area contributed by atoms with E-state index < -0.39 is 0 Å². The summed E-state index contributed by atoms with van der Waals surface area (Å²) in [7, 11) is 0. The Hall–Kier alpha value is -6.10. The molecule has 222 valence electrons. The van der Waals surface area contributed by atoms with Crippen molar-refractivity contribution in [3.63, 3.8) is 0 Å². The third-order valence-electron chi connectivity index (χ3n) is 9.97. The smallest absolute Gasteiger partial charge is 0.235 e. The summed E-state index contributed by atoms with van der Waals surface area (Å²) in [4.78, 5) is 10.8. The normalized spacial score (nSPS) is 12.2. The van der Waals surface area contributed by atoms with Crippen LogP contribution >= 0.6 is 11.3 Å². The van der Waals surface area contributed by atoms with E-state index in [9.17, 15) is 0 Å². The minimum Gasteiger partial charge on any atom is -0.278 e. The molecule has 11 aromatic rings. The number of aromatic nitrogens is 3. The molecule has 0 atom stereocenters. The second kappa shape index (κ2) is 9.71. The Balaban J connectivity index is 1.32. The first-order valence-electron chi connectivity index (χ1n) is 16.3. The zero-order chi connectivity index (χ0) is 31.3. The molecule has 0 aliphatic heterocycles. The van der Waals surface area contributed by atoms with Crippen molar-refractivity contribution in [2.45, 2.75) is 0 Å². The summed E-state index contributed by atoms with van der Waals surface area (Å²) in [6, 6.07) is 54.4. The van der Waals surface area contributed by atoms with Crippen LogP contribution in [0.4, 0.5) is 0 Å². The molecule has 4 heteroatoms. The molecule has 0 fully saturated rings. The Morgan fingerprint density at radius 2 is 1.10 bits per heavy atom. The first-order valence-corrected chi connectivity index (χ1v) is 17.1. The lowest BCUT2D eigenvalue weighted by atomic mass is 9.94.